The molecule has 2 rings (SSSR count). The molecule has 0 heterocycles. The Morgan fingerprint density at radius 3 is 1.71 bits per heavy atom. The van der Waals surface area contributed by atoms with Gasteiger partial charge < -0.3 is 69.9 Å². The molecule has 56 heavy (non-hydrogen) atoms. The van der Waals surface area contributed by atoms with Crippen LogP contribution in [-0.2, 0) is 49.5 Å². The average molecular weight is 1070 g/mol. The van der Waals surface area contributed by atoms with Gasteiger partial charge in [0.25, 0.3) is 0 Å². The van der Waals surface area contributed by atoms with Crippen LogP contribution in [0.25, 0.3) is 11.1 Å². The Morgan fingerprint density at radius 1 is 0.661 bits per heavy atom. The number of carboxylic acid groups (broad SMARTS) is 1. The molecule has 17 nitrogen and oxygen atoms in total. The number of aliphatic carboxylic acids is 1. The summed E-state index contributed by atoms with van der Waals surface area (Å²) in [5.74, 6) is -4.35. The minimum absolute atomic E-state index is 0. The van der Waals surface area contributed by atoms with Crippen molar-refractivity contribution >= 4 is 41.4 Å². The Kier molecular flexibility index (Phi) is 29.4. The van der Waals surface area contributed by atoms with Gasteiger partial charge >= 0.3 is 5.97 Å². The van der Waals surface area contributed by atoms with Crippen LogP contribution in [0.2, 0.25) is 0 Å². The van der Waals surface area contributed by atoms with Gasteiger partial charge in [-0.3, -0.25) is 28.9 Å². The number of amides is 6. The van der Waals surface area contributed by atoms with Crippen LogP contribution in [0.5, 0.6) is 0 Å². The fourth-order valence-corrected chi connectivity index (χ4v) is 5.00. The van der Waals surface area contributed by atoms with Gasteiger partial charge in [0.05, 0.1) is 51.2 Å². The van der Waals surface area contributed by atoms with Crippen molar-refractivity contribution in [3.8, 4) is 11.1 Å². The third-order valence-electron chi connectivity index (χ3n) is 7.56. The molecule has 2 aromatic rings. The van der Waals surface area contributed by atoms with Crippen LogP contribution in [0, 0.1) is 93.7 Å². The molecule has 2 aromatic carbocycles. The maximum atomic E-state index is 13.2. The van der Waals surface area contributed by atoms with Crippen molar-refractivity contribution in [2.45, 2.75) is 31.8 Å². The maximum absolute atomic E-state index is 13.2. The maximum Gasteiger partial charge on any atom is 0.305 e. The van der Waals surface area contributed by atoms with Crippen molar-refractivity contribution in [2.24, 2.45) is 0 Å². The van der Waals surface area contributed by atoms with Crippen LogP contribution in [-0.4, -0.2) is 136 Å². The molecule has 0 aliphatic rings. The van der Waals surface area contributed by atoms with Crippen molar-refractivity contribution < 1.29 is 128 Å². The van der Waals surface area contributed by atoms with E-state index >= 15 is 0 Å². The number of hydrogen-bond acceptors (Lipinski definition) is 10. The minimum atomic E-state index is -1.40. The minimum Gasteiger partial charge on any atom is -0.481 e. The quantitative estimate of drug-likeness (QED) is 0.0439. The van der Waals surface area contributed by atoms with Crippen molar-refractivity contribution in [2.75, 3.05) is 72.2 Å². The van der Waals surface area contributed by atoms with Gasteiger partial charge in [-0.25, -0.2) is 0 Å². The normalized spacial score (nSPS) is 11.4. The van der Waals surface area contributed by atoms with Crippen LogP contribution < -0.4 is 31.9 Å². The van der Waals surface area contributed by atoms with Crippen molar-refractivity contribution in [3.63, 3.8) is 0 Å². The number of benzene rings is 2. The molecule has 0 bridgehead atoms. The molecule has 6 amide bonds. The first kappa shape index (κ1) is 53.0. The van der Waals surface area contributed by atoms with E-state index in [1.54, 1.807) is 4.90 Å². The van der Waals surface area contributed by atoms with E-state index in [1.165, 1.54) is 6.92 Å². The molecule has 2 atom stereocenters. The molecular weight excluding hydrogens is 1020 g/mol. The van der Waals surface area contributed by atoms with Gasteiger partial charge in [-0.15, -0.1) is 0 Å². The zero-order valence-corrected chi connectivity index (χ0v) is 35.8. The Morgan fingerprint density at radius 2 is 1.20 bits per heavy atom. The summed E-state index contributed by atoms with van der Waals surface area (Å²) in [6.07, 6.45) is -0.565. The van der Waals surface area contributed by atoms with E-state index in [4.69, 9.17) is 9.47 Å². The van der Waals surface area contributed by atoms with Crippen LogP contribution in [0.3, 0.4) is 0 Å². The molecule has 312 valence electrons. The van der Waals surface area contributed by atoms with E-state index in [1.807, 2.05) is 54.6 Å². The monoisotopic (exact) mass is 1070 g/mol. The van der Waals surface area contributed by atoms with Crippen molar-refractivity contribution in [1.82, 2.24) is 36.8 Å². The van der Waals surface area contributed by atoms with E-state index in [0.29, 0.717) is 13.1 Å². The van der Waals surface area contributed by atoms with Crippen LogP contribution in [0.4, 0.5) is 0 Å². The van der Waals surface area contributed by atoms with Gasteiger partial charge in [-0.2, -0.15) is 0 Å². The van der Waals surface area contributed by atoms with Gasteiger partial charge in [-0.05, 0) is 16.7 Å². The van der Waals surface area contributed by atoms with Crippen LogP contribution in [0.1, 0.15) is 18.9 Å². The largest absolute Gasteiger partial charge is 0.481 e. The Balaban J connectivity index is 0.0000151. The summed E-state index contributed by atoms with van der Waals surface area (Å²) in [7, 11) is 0. The van der Waals surface area contributed by atoms with E-state index in [9.17, 15) is 38.7 Å². The average Bonchev–Trinajstić information content (AvgIpc) is 3.11. The zero-order valence-electron chi connectivity index (χ0n) is 31.2. The first-order valence-corrected chi connectivity index (χ1v) is 17.4. The van der Waals surface area contributed by atoms with Gasteiger partial charge in [-0.1, -0.05) is 54.6 Å². The number of nitrogens with one attached hydrogen (secondary N) is 6. The van der Waals surface area contributed by atoms with E-state index in [2.05, 4.69) is 45.7 Å². The number of hydrogen-bond donors (Lipinski definition) is 7. The Hall–Kier alpha value is -3.00. The molecule has 0 fully saturated rings. The second-order valence-electron chi connectivity index (χ2n) is 12.0. The fraction of sp³-hybridized carbons (Fsp3) is 0.432. The summed E-state index contributed by atoms with van der Waals surface area (Å²) in [6.45, 7) is 9.98. The summed E-state index contributed by atoms with van der Waals surface area (Å²) in [5, 5.41) is 24.8. The summed E-state index contributed by atoms with van der Waals surface area (Å²) in [6, 6.07) is 14.7. The number of carboxylic acids is 1. The number of rotatable bonds is 26. The third kappa shape index (κ3) is 24.6. The predicted octanol–water partition coefficient (Wildman–Crippen LogP) is -1.17. The van der Waals surface area contributed by atoms with Crippen molar-refractivity contribution in [3.05, 3.63) is 74.0 Å². The second-order valence-corrected chi connectivity index (χ2v) is 12.0. The molecule has 19 heteroatoms. The first-order valence-electron chi connectivity index (χ1n) is 17.4. The molecule has 0 aliphatic heterocycles. The van der Waals surface area contributed by atoms with Gasteiger partial charge in [0.1, 0.15) is 12.1 Å². The fourth-order valence-electron chi connectivity index (χ4n) is 5.00. The number of carbonyl (C=O) groups is 7. The summed E-state index contributed by atoms with van der Waals surface area (Å²) in [5.41, 5.74) is 2.74. The van der Waals surface area contributed by atoms with E-state index < -0.39 is 54.0 Å². The third-order valence-corrected chi connectivity index (χ3v) is 7.56. The topological polar surface area (TPSA) is 234 Å². The Labute approximate surface area is 391 Å². The molecule has 0 aromatic heterocycles. The Bertz CT molecular complexity index is 1500. The zero-order chi connectivity index (χ0) is 39.7. The SMILES string of the molecule is [CH2-]C(=O)NCCN(CCNC([CH2-])=O)CC(=O)NCCOCCOCCNC(=O)[C@H](CC(=O)O)NC(=O)[C@H](Cc1ccc(-c2ccccc2)cc1)NC(C)=O.[Gd].[Gd]. The second kappa shape index (κ2) is 31.0. The standard InChI is InChI=1S/C37H51N7O10.2Gd/c1-26(45)38-13-17-44(18-14-39-27(2)46)25-34(48)40-15-19-53-21-22-54-20-16-41-36(51)33(24-35(49)50)43-37(52)32(42-28(3)47)23-29-9-11-31(12-10-29)30-7-5-4-6-8-30;;/h4-12,32-33H,1-2,13-25H2,3H3,(H,38,45)(H,39,46)(H,40,48)(H,41,51)(H,42,47)(H,43,52)(H,49,50);;/q-2;;/t32-,33-;;/m0../s1. The van der Waals surface area contributed by atoms with Gasteiger partial charge in [0.2, 0.25) is 23.6 Å². The number of ether oxygens (including phenoxy) is 2. The molecule has 0 aliphatic carbocycles. The number of nitrogens with zero attached hydrogens (tertiary/aromatic N) is 1. The first-order chi connectivity index (χ1) is 25.8. The van der Waals surface area contributed by atoms with Crippen LogP contribution >= 0.6 is 0 Å². The molecule has 0 spiro atoms. The number of carbonyl (C=O) groups excluding carboxylic acids is 6. The van der Waals surface area contributed by atoms with Gasteiger partial charge in [0, 0.05) is 132 Å². The molecule has 0 unspecified atom stereocenters. The molecule has 0 saturated carbocycles. The summed E-state index contributed by atoms with van der Waals surface area (Å²) in [4.78, 5) is 85.6. The van der Waals surface area contributed by atoms with E-state index in [-0.39, 0.29) is 151 Å². The molecule has 0 saturated heterocycles. The van der Waals surface area contributed by atoms with Gasteiger partial charge in [0.15, 0.2) is 0 Å². The smallest absolute Gasteiger partial charge is 0.305 e. The molecular formula is C37H51Gd2N7O10-2. The predicted molar refractivity (Wildman–Crippen MR) is 198 cm³/mol. The van der Waals surface area contributed by atoms with Crippen LogP contribution in [0.15, 0.2) is 54.6 Å². The van der Waals surface area contributed by atoms with E-state index in [0.717, 1.165) is 16.7 Å². The van der Waals surface area contributed by atoms with Crippen molar-refractivity contribution in [1.29, 1.82) is 0 Å². The molecule has 7 N–H and O–H groups in total. The summed E-state index contributed by atoms with van der Waals surface area (Å²) < 4.78 is 10.9. The molecule has 0 radical (unpaired) electrons. The summed E-state index contributed by atoms with van der Waals surface area (Å²) >= 11 is 0.